The Kier molecular flexibility index (Phi) is 6.39. The van der Waals surface area contributed by atoms with Crippen molar-refractivity contribution in [2.45, 2.75) is 20.4 Å². The maximum Gasteiger partial charge on any atom is 0.253 e. The van der Waals surface area contributed by atoms with Gasteiger partial charge in [-0.3, -0.25) is 4.79 Å². The number of hydrogen-bond donors (Lipinski definition) is 1. The number of halogens is 1. The zero-order valence-electron chi connectivity index (χ0n) is 13.8. The largest absolute Gasteiger partial charge is 0.380 e. The summed E-state index contributed by atoms with van der Waals surface area (Å²) in [6, 6.07) is 15.2. The molecule has 1 amide bonds. The summed E-state index contributed by atoms with van der Waals surface area (Å²) in [5.41, 5.74) is 3.34. The summed E-state index contributed by atoms with van der Waals surface area (Å²) in [6.45, 7) is 6.03. The second-order valence-electron chi connectivity index (χ2n) is 5.33. The molecule has 2 aromatic rings. The summed E-state index contributed by atoms with van der Waals surface area (Å²) >= 11 is 3.46. The van der Waals surface area contributed by atoms with E-state index in [0.717, 1.165) is 15.7 Å². The zero-order chi connectivity index (χ0) is 17.5. The highest BCUT2D eigenvalue weighted by Gasteiger charge is 2.11. The van der Waals surface area contributed by atoms with Gasteiger partial charge in [0.15, 0.2) is 0 Å². The third kappa shape index (κ3) is 4.36. The minimum atomic E-state index is 0.0642. The molecule has 2 rings (SSSR count). The van der Waals surface area contributed by atoms with Gasteiger partial charge in [0, 0.05) is 35.4 Å². The van der Waals surface area contributed by atoms with Crippen molar-refractivity contribution in [2.75, 3.05) is 18.4 Å². The number of nitrogens with one attached hydrogen (secondary N) is 1. The van der Waals surface area contributed by atoms with Crippen LogP contribution in [-0.4, -0.2) is 23.9 Å². The van der Waals surface area contributed by atoms with Crippen LogP contribution in [0.3, 0.4) is 0 Å². The van der Waals surface area contributed by atoms with Gasteiger partial charge in [0.05, 0.1) is 11.6 Å². The van der Waals surface area contributed by atoms with E-state index in [1.54, 1.807) is 17.0 Å². The first-order valence-corrected chi connectivity index (χ1v) is 8.70. The minimum Gasteiger partial charge on any atom is -0.380 e. The molecule has 0 bridgehead atoms. The number of anilines is 1. The van der Waals surface area contributed by atoms with Crippen molar-refractivity contribution in [1.82, 2.24) is 4.90 Å². The Labute approximate surface area is 151 Å². The number of benzene rings is 2. The summed E-state index contributed by atoms with van der Waals surface area (Å²) in [5.74, 6) is 0.0642. The Morgan fingerprint density at radius 3 is 2.38 bits per heavy atom. The molecule has 24 heavy (non-hydrogen) atoms. The molecule has 0 atom stereocenters. The minimum absolute atomic E-state index is 0.0642. The van der Waals surface area contributed by atoms with Crippen LogP contribution >= 0.6 is 15.9 Å². The van der Waals surface area contributed by atoms with Gasteiger partial charge >= 0.3 is 0 Å². The highest BCUT2D eigenvalue weighted by Crippen LogP contribution is 2.24. The molecule has 0 unspecified atom stereocenters. The maximum absolute atomic E-state index is 12.3. The SMILES string of the molecule is CCN(CC)C(=O)c1ccc(CNc2ccc(C#N)cc2Br)cc1. The van der Waals surface area contributed by atoms with Crippen molar-refractivity contribution < 1.29 is 4.79 Å². The molecule has 0 spiro atoms. The van der Waals surface area contributed by atoms with Gasteiger partial charge in [-0.05, 0) is 65.7 Å². The number of nitrogens with zero attached hydrogens (tertiary/aromatic N) is 2. The van der Waals surface area contributed by atoms with Crippen LogP contribution in [0.2, 0.25) is 0 Å². The van der Waals surface area contributed by atoms with Crippen LogP contribution in [0.5, 0.6) is 0 Å². The lowest BCUT2D eigenvalue weighted by molar-refractivity contribution is 0.0773. The highest BCUT2D eigenvalue weighted by atomic mass is 79.9. The van der Waals surface area contributed by atoms with E-state index in [4.69, 9.17) is 5.26 Å². The molecule has 0 heterocycles. The van der Waals surface area contributed by atoms with Crippen molar-refractivity contribution >= 4 is 27.5 Å². The normalized spacial score (nSPS) is 10.1. The van der Waals surface area contributed by atoms with E-state index < -0.39 is 0 Å². The van der Waals surface area contributed by atoms with E-state index in [1.807, 2.05) is 44.2 Å². The molecule has 0 saturated heterocycles. The molecule has 0 aromatic heterocycles. The van der Waals surface area contributed by atoms with Crippen molar-refractivity contribution in [3.05, 3.63) is 63.6 Å². The van der Waals surface area contributed by atoms with E-state index in [2.05, 4.69) is 27.3 Å². The predicted octanol–water partition coefficient (Wildman–Crippen LogP) is 4.41. The predicted molar refractivity (Wildman–Crippen MR) is 99.9 cm³/mol. The molecule has 0 radical (unpaired) electrons. The lowest BCUT2D eigenvalue weighted by Gasteiger charge is -2.18. The van der Waals surface area contributed by atoms with Crippen molar-refractivity contribution in [3.8, 4) is 6.07 Å². The first-order chi connectivity index (χ1) is 11.6. The van der Waals surface area contributed by atoms with E-state index in [-0.39, 0.29) is 5.91 Å². The molecule has 0 aliphatic carbocycles. The van der Waals surface area contributed by atoms with Crippen molar-refractivity contribution in [1.29, 1.82) is 5.26 Å². The second kappa shape index (κ2) is 8.51. The summed E-state index contributed by atoms with van der Waals surface area (Å²) in [5, 5.41) is 12.2. The summed E-state index contributed by atoms with van der Waals surface area (Å²) in [4.78, 5) is 14.1. The molecule has 0 saturated carbocycles. The Balaban J connectivity index is 2.02. The van der Waals surface area contributed by atoms with Crippen LogP contribution in [0.25, 0.3) is 0 Å². The average Bonchev–Trinajstić information content (AvgIpc) is 2.62. The number of carbonyl (C=O) groups is 1. The van der Waals surface area contributed by atoms with Crippen molar-refractivity contribution in [2.24, 2.45) is 0 Å². The van der Waals surface area contributed by atoms with Crippen LogP contribution in [0.15, 0.2) is 46.9 Å². The quantitative estimate of drug-likeness (QED) is 0.800. The van der Waals surface area contributed by atoms with Gasteiger partial charge in [0.25, 0.3) is 5.91 Å². The van der Waals surface area contributed by atoms with Crippen LogP contribution < -0.4 is 5.32 Å². The van der Waals surface area contributed by atoms with Gasteiger partial charge in [0.1, 0.15) is 0 Å². The number of rotatable bonds is 6. The monoisotopic (exact) mass is 385 g/mol. The summed E-state index contributed by atoms with van der Waals surface area (Å²) in [7, 11) is 0. The molecule has 0 aliphatic heterocycles. The maximum atomic E-state index is 12.3. The smallest absolute Gasteiger partial charge is 0.253 e. The Hall–Kier alpha value is -2.32. The molecule has 5 heteroatoms. The van der Waals surface area contributed by atoms with E-state index >= 15 is 0 Å². The van der Waals surface area contributed by atoms with Gasteiger partial charge in [-0.1, -0.05) is 12.1 Å². The fourth-order valence-electron chi connectivity index (χ4n) is 2.38. The van der Waals surface area contributed by atoms with Gasteiger partial charge < -0.3 is 10.2 Å². The molecule has 124 valence electrons. The molecular weight excluding hydrogens is 366 g/mol. The first kappa shape index (κ1) is 18.0. The van der Waals surface area contributed by atoms with E-state index in [9.17, 15) is 4.79 Å². The van der Waals surface area contributed by atoms with Gasteiger partial charge in [0.2, 0.25) is 0 Å². The lowest BCUT2D eigenvalue weighted by atomic mass is 10.1. The first-order valence-electron chi connectivity index (χ1n) is 7.90. The zero-order valence-corrected chi connectivity index (χ0v) is 15.4. The van der Waals surface area contributed by atoms with Gasteiger partial charge in [-0.15, -0.1) is 0 Å². The van der Waals surface area contributed by atoms with E-state index in [1.165, 1.54) is 0 Å². The van der Waals surface area contributed by atoms with E-state index in [0.29, 0.717) is 30.8 Å². The van der Waals surface area contributed by atoms with Crippen molar-refractivity contribution in [3.63, 3.8) is 0 Å². The molecule has 4 nitrogen and oxygen atoms in total. The van der Waals surface area contributed by atoms with Gasteiger partial charge in [-0.2, -0.15) is 5.26 Å². The van der Waals surface area contributed by atoms with Crippen LogP contribution in [0.4, 0.5) is 5.69 Å². The Morgan fingerprint density at radius 2 is 1.83 bits per heavy atom. The molecule has 1 N–H and O–H groups in total. The number of hydrogen-bond acceptors (Lipinski definition) is 3. The van der Waals surface area contributed by atoms with Crippen LogP contribution in [0.1, 0.15) is 35.3 Å². The third-order valence-electron chi connectivity index (χ3n) is 3.83. The third-order valence-corrected chi connectivity index (χ3v) is 4.49. The standard InChI is InChI=1S/C19H20BrN3O/c1-3-23(4-2)19(24)16-8-5-14(6-9-16)13-22-18-10-7-15(12-21)11-17(18)20/h5-11,22H,3-4,13H2,1-2H3. The second-order valence-corrected chi connectivity index (χ2v) is 6.19. The fourth-order valence-corrected chi connectivity index (χ4v) is 2.90. The molecule has 0 aliphatic rings. The van der Waals surface area contributed by atoms with Crippen LogP contribution in [-0.2, 0) is 6.54 Å². The average molecular weight is 386 g/mol. The number of carbonyl (C=O) groups excluding carboxylic acids is 1. The Morgan fingerprint density at radius 1 is 1.17 bits per heavy atom. The number of amides is 1. The lowest BCUT2D eigenvalue weighted by Crippen LogP contribution is -2.30. The summed E-state index contributed by atoms with van der Waals surface area (Å²) in [6.07, 6.45) is 0. The number of nitriles is 1. The molecule has 0 fully saturated rings. The fraction of sp³-hybridized carbons (Fsp3) is 0.263. The molecule has 2 aromatic carbocycles. The van der Waals surface area contributed by atoms with Gasteiger partial charge in [-0.25, -0.2) is 0 Å². The Bertz CT molecular complexity index is 746. The summed E-state index contributed by atoms with van der Waals surface area (Å²) < 4.78 is 0.856. The highest BCUT2D eigenvalue weighted by molar-refractivity contribution is 9.10. The van der Waals surface area contributed by atoms with Crippen LogP contribution in [0, 0.1) is 11.3 Å². The topological polar surface area (TPSA) is 56.1 Å². The molecular formula is C19H20BrN3O.